The topological polar surface area (TPSA) is 15.3 Å². The minimum atomic E-state index is 0.827. The van der Waals surface area contributed by atoms with Gasteiger partial charge in [-0.1, -0.05) is 26.7 Å². The molecule has 0 bridgehead atoms. The van der Waals surface area contributed by atoms with Gasteiger partial charge in [0, 0.05) is 12.6 Å². The molecule has 2 unspecified atom stereocenters. The Morgan fingerprint density at radius 2 is 1.82 bits per heavy atom. The second kappa shape index (κ2) is 8.93. The highest BCUT2D eigenvalue weighted by Crippen LogP contribution is 2.21. The summed E-state index contributed by atoms with van der Waals surface area (Å²) < 4.78 is 0. The fraction of sp³-hybridized carbons (Fsp3) is 1.00. The summed E-state index contributed by atoms with van der Waals surface area (Å²) in [4.78, 5) is 2.71. The molecule has 0 aliphatic carbocycles. The smallest absolute Gasteiger partial charge is 0.00671 e. The predicted octanol–water partition coefficient (Wildman–Crippen LogP) is 3.28. The van der Waals surface area contributed by atoms with Crippen molar-refractivity contribution in [1.82, 2.24) is 10.2 Å². The summed E-state index contributed by atoms with van der Waals surface area (Å²) in [6, 6.07) is 0.827. The SMILES string of the molecule is CCNCCCCCCN1CC(C)CCC1C. The van der Waals surface area contributed by atoms with Gasteiger partial charge in [-0.15, -0.1) is 0 Å². The lowest BCUT2D eigenvalue weighted by Gasteiger charge is -2.36. The van der Waals surface area contributed by atoms with Crippen LogP contribution >= 0.6 is 0 Å². The summed E-state index contributed by atoms with van der Waals surface area (Å²) in [5.41, 5.74) is 0. The van der Waals surface area contributed by atoms with Gasteiger partial charge in [-0.05, 0) is 58.2 Å². The van der Waals surface area contributed by atoms with Gasteiger partial charge in [0.1, 0.15) is 0 Å². The number of hydrogen-bond acceptors (Lipinski definition) is 2. The minimum absolute atomic E-state index is 0.827. The van der Waals surface area contributed by atoms with E-state index in [2.05, 4.69) is 31.0 Å². The molecule has 102 valence electrons. The second-order valence-corrected chi connectivity index (χ2v) is 5.79. The predicted molar refractivity (Wildman–Crippen MR) is 76.4 cm³/mol. The van der Waals surface area contributed by atoms with Crippen LogP contribution in [-0.4, -0.2) is 37.1 Å². The highest BCUT2D eigenvalue weighted by molar-refractivity contribution is 4.76. The maximum atomic E-state index is 3.39. The van der Waals surface area contributed by atoms with Crippen LogP contribution in [0.15, 0.2) is 0 Å². The summed E-state index contributed by atoms with van der Waals surface area (Å²) in [5, 5.41) is 3.39. The third-order valence-corrected chi connectivity index (χ3v) is 4.05. The molecule has 1 aliphatic rings. The Balaban J connectivity index is 1.97. The lowest BCUT2D eigenvalue weighted by molar-refractivity contribution is 0.122. The van der Waals surface area contributed by atoms with Crippen LogP contribution in [-0.2, 0) is 0 Å². The van der Waals surface area contributed by atoms with E-state index in [1.807, 2.05) is 0 Å². The van der Waals surface area contributed by atoms with E-state index in [4.69, 9.17) is 0 Å². The number of nitrogens with one attached hydrogen (secondary N) is 1. The van der Waals surface area contributed by atoms with Crippen LogP contribution < -0.4 is 5.32 Å². The Labute approximate surface area is 108 Å². The summed E-state index contributed by atoms with van der Waals surface area (Å²) in [5.74, 6) is 0.917. The third-order valence-electron chi connectivity index (χ3n) is 4.05. The Kier molecular flexibility index (Phi) is 7.87. The van der Waals surface area contributed by atoms with Crippen LogP contribution in [0.1, 0.15) is 59.3 Å². The van der Waals surface area contributed by atoms with E-state index in [1.54, 1.807) is 0 Å². The molecule has 1 fully saturated rings. The molecule has 0 saturated carbocycles. The molecule has 2 atom stereocenters. The Morgan fingerprint density at radius 1 is 1.06 bits per heavy atom. The number of likely N-dealkylation sites (tertiary alicyclic amines) is 1. The number of piperidine rings is 1. The van der Waals surface area contributed by atoms with Crippen molar-refractivity contribution in [3.05, 3.63) is 0 Å². The minimum Gasteiger partial charge on any atom is -0.317 e. The van der Waals surface area contributed by atoms with Crippen molar-refractivity contribution in [1.29, 1.82) is 0 Å². The van der Waals surface area contributed by atoms with Crippen LogP contribution in [0.2, 0.25) is 0 Å². The first-order valence-electron chi connectivity index (χ1n) is 7.68. The molecule has 17 heavy (non-hydrogen) atoms. The molecular weight excluding hydrogens is 208 g/mol. The lowest BCUT2D eigenvalue weighted by Crippen LogP contribution is -2.41. The highest BCUT2D eigenvalue weighted by atomic mass is 15.2. The summed E-state index contributed by atoms with van der Waals surface area (Å²) >= 11 is 0. The van der Waals surface area contributed by atoms with Gasteiger partial charge < -0.3 is 10.2 Å². The van der Waals surface area contributed by atoms with Gasteiger partial charge in [0.05, 0.1) is 0 Å². The van der Waals surface area contributed by atoms with Crippen LogP contribution in [0.3, 0.4) is 0 Å². The number of hydrogen-bond donors (Lipinski definition) is 1. The number of nitrogens with zero attached hydrogens (tertiary/aromatic N) is 1. The zero-order chi connectivity index (χ0) is 12.5. The average molecular weight is 240 g/mol. The first kappa shape index (κ1) is 15.0. The van der Waals surface area contributed by atoms with Crippen LogP contribution in [0.4, 0.5) is 0 Å². The average Bonchev–Trinajstić information content (AvgIpc) is 2.32. The van der Waals surface area contributed by atoms with Crippen molar-refractivity contribution >= 4 is 0 Å². The lowest BCUT2D eigenvalue weighted by atomic mass is 9.95. The maximum absolute atomic E-state index is 3.39. The van der Waals surface area contributed by atoms with Crippen molar-refractivity contribution in [2.75, 3.05) is 26.2 Å². The molecule has 0 spiro atoms. The molecule has 2 nitrogen and oxygen atoms in total. The molecule has 0 aromatic carbocycles. The van der Waals surface area contributed by atoms with Gasteiger partial charge in [-0.25, -0.2) is 0 Å². The van der Waals surface area contributed by atoms with Crippen molar-refractivity contribution in [2.45, 2.75) is 65.3 Å². The van der Waals surface area contributed by atoms with E-state index in [0.29, 0.717) is 0 Å². The van der Waals surface area contributed by atoms with Gasteiger partial charge in [0.15, 0.2) is 0 Å². The van der Waals surface area contributed by atoms with Gasteiger partial charge in [0.2, 0.25) is 0 Å². The summed E-state index contributed by atoms with van der Waals surface area (Å²) in [6.07, 6.45) is 8.37. The molecule has 2 heteroatoms. The standard InChI is InChI=1S/C15H32N2/c1-4-16-11-7-5-6-8-12-17-13-14(2)9-10-15(17)3/h14-16H,4-13H2,1-3H3. The molecule has 0 aromatic heterocycles. The van der Waals surface area contributed by atoms with Gasteiger partial charge in [-0.3, -0.25) is 0 Å². The highest BCUT2D eigenvalue weighted by Gasteiger charge is 2.21. The molecule has 1 rings (SSSR count). The quantitative estimate of drug-likeness (QED) is 0.655. The maximum Gasteiger partial charge on any atom is 0.00671 e. The zero-order valence-corrected chi connectivity index (χ0v) is 12.2. The monoisotopic (exact) mass is 240 g/mol. The number of rotatable bonds is 8. The molecule has 0 aromatic rings. The Morgan fingerprint density at radius 3 is 2.59 bits per heavy atom. The second-order valence-electron chi connectivity index (χ2n) is 5.79. The largest absolute Gasteiger partial charge is 0.317 e. The third kappa shape index (κ3) is 6.42. The van der Waals surface area contributed by atoms with Crippen molar-refractivity contribution in [3.8, 4) is 0 Å². The van der Waals surface area contributed by atoms with E-state index in [1.165, 1.54) is 58.2 Å². The van der Waals surface area contributed by atoms with Gasteiger partial charge >= 0.3 is 0 Å². The molecule has 1 saturated heterocycles. The molecule has 1 N–H and O–H groups in total. The molecule has 0 radical (unpaired) electrons. The van der Waals surface area contributed by atoms with E-state index in [9.17, 15) is 0 Å². The van der Waals surface area contributed by atoms with Crippen molar-refractivity contribution in [3.63, 3.8) is 0 Å². The van der Waals surface area contributed by atoms with E-state index < -0.39 is 0 Å². The Hall–Kier alpha value is -0.0800. The fourth-order valence-corrected chi connectivity index (χ4v) is 2.79. The zero-order valence-electron chi connectivity index (χ0n) is 12.2. The van der Waals surface area contributed by atoms with Crippen molar-refractivity contribution in [2.24, 2.45) is 5.92 Å². The van der Waals surface area contributed by atoms with E-state index >= 15 is 0 Å². The number of unbranched alkanes of at least 4 members (excludes halogenated alkanes) is 3. The van der Waals surface area contributed by atoms with E-state index in [-0.39, 0.29) is 0 Å². The molecule has 1 heterocycles. The Bertz CT molecular complexity index is 182. The van der Waals surface area contributed by atoms with Crippen LogP contribution in [0, 0.1) is 5.92 Å². The first-order valence-corrected chi connectivity index (χ1v) is 7.68. The van der Waals surface area contributed by atoms with E-state index in [0.717, 1.165) is 18.5 Å². The molecular formula is C15H32N2. The summed E-state index contributed by atoms with van der Waals surface area (Å²) in [7, 11) is 0. The van der Waals surface area contributed by atoms with Gasteiger partial charge in [-0.2, -0.15) is 0 Å². The van der Waals surface area contributed by atoms with Crippen LogP contribution in [0.25, 0.3) is 0 Å². The molecule has 1 aliphatic heterocycles. The van der Waals surface area contributed by atoms with Crippen molar-refractivity contribution < 1.29 is 0 Å². The fourth-order valence-electron chi connectivity index (χ4n) is 2.79. The van der Waals surface area contributed by atoms with Crippen LogP contribution in [0.5, 0.6) is 0 Å². The normalized spacial score (nSPS) is 26.3. The van der Waals surface area contributed by atoms with Gasteiger partial charge in [0.25, 0.3) is 0 Å². The first-order chi connectivity index (χ1) is 8.24. The summed E-state index contributed by atoms with van der Waals surface area (Å²) in [6.45, 7) is 12.0. The molecule has 0 amide bonds.